The van der Waals surface area contributed by atoms with Crippen LogP contribution < -0.4 is 19.7 Å². The number of rotatable bonds is 6. The summed E-state index contributed by atoms with van der Waals surface area (Å²) < 4.78 is 10.6. The van der Waals surface area contributed by atoms with Gasteiger partial charge in [0.05, 0.1) is 26.1 Å². The van der Waals surface area contributed by atoms with E-state index in [2.05, 4.69) is 37.2 Å². The van der Waals surface area contributed by atoms with Gasteiger partial charge in [0.25, 0.3) is 0 Å². The number of ether oxygens (including phenoxy) is 2. The van der Waals surface area contributed by atoms with Gasteiger partial charge in [-0.3, -0.25) is 0 Å². The van der Waals surface area contributed by atoms with Crippen LogP contribution in [0.2, 0.25) is 0 Å². The maximum absolute atomic E-state index is 5.41. The highest BCUT2D eigenvalue weighted by Crippen LogP contribution is 2.31. The second kappa shape index (κ2) is 7.98. The highest BCUT2D eigenvalue weighted by molar-refractivity contribution is 5.65. The zero-order valence-corrected chi connectivity index (χ0v) is 14.9. The predicted molar refractivity (Wildman–Crippen MR) is 97.0 cm³/mol. The molecule has 0 saturated carbocycles. The van der Waals surface area contributed by atoms with Gasteiger partial charge in [0.1, 0.15) is 11.5 Å². The fourth-order valence-electron chi connectivity index (χ4n) is 2.79. The molecule has 1 fully saturated rings. The lowest BCUT2D eigenvalue weighted by Gasteiger charge is -2.33. The third-order valence-corrected chi connectivity index (χ3v) is 4.32. The Bertz CT molecular complexity index is 703. The van der Waals surface area contributed by atoms with Crippen molar-refractivity contribution < 1.29 is 9.47 Å². The zero-order chi connectivity index (χ0) is 17.6. The molecule has 2 aromatic rings. The van der Waals surface area contributed by atoms with Crippen LogP contribution in [0.3, 0.4) is 0 Å². The molecule has 1 aromatic carbocycles. The van der Waals surface area contributed by atoms with Crippen molar-refractivity contribution >= 4 is 17.5 Å². The number of benzene rings is 1. The third kappa shape index (κ3) is 4.08. The van der Waals surface area contributed by atoms with Crippen LogP contribution >= 0.6 is 0 Å². The highest BCUT2D eigenvalue weighted by atomic mass is 16.5. The number of piperazine rings is 1. The van der Waals surface area contributed by atoms with Crippen LogP contribution in [0.25, 0.3) is 0 Å². The van der Waals surface area contributed by atoms with Crippen LogP contribution in [0.5, 0.6) is 11.5 Å². The summed E-state index contributed by atoms with van der Waals surface area (Å²) in [6.45, 7) is 7.11. The Labute approximate surface area is 147 Å². The van der Waals surface area contributed by atoms with E-state index in [0.717, 1.165) is 44.2 Å². The summed E-state index contributed by atoms with van der Waals surface area (Å²) in [5, 5.41) is 11.5. The molecule has 134 valence electrons. The Morgan fingerprint density at radius 2 is 1.92 bits per heavy atom. The molecule has 0 atom stereocenters. The van der Waals surface area contributed by atoms with Crippen molar-refractivity contribution in [1.82, 2.24) is 20.1 Å². The number of nitrogens with one attached hydrogen (secondary N) is 1. The molecular weight excluding hydrogens is 320 g/mol. The number of likely N-dealkylation sites (N-methyl/N-ethyl adjacent to an activating group) is 1. The quantitative estimate of drug-likeness (QED) is 0.850. The fourth-order valence-corrected chi connectivity index (χ4v) is 2.79. The standard InChI is InChI=1S/C17H24N6O2/c1-4-22-7-9-23(10-8-22)17-20-16(12-18-21-17)19-14-6-5-13(24-2)11-15(14)25-3/h5-6,11-12H,4,7-10H2,1-3H3,(H,19,20,21). The maximum Gasteiger partial charge on any atom is 0.247 e. The van der Waals surface area contributed by atoms with Crippen molar-refractivity contribution in [3.8, 4) is 11.5 Å². The molecule has 0 radical (unpaired) electrons. The Kier molecular flexibility index (Phi) is 5.49. The molecule has 2 heterocycles. The summed E-state index contributed by atoms with van der Waals surface area (Å²) in [4.78, 5) is 9.17. The molecule has 1 aliphatic heterocycles. The van der Waals surface area contributed by atoms with Gasteiger partial charge < -0.3 is 24.6 Å². The summed E-state index contributed by atoms with van der Waals surface area (Å²) in [7, 11) is 3.25. The number of nitrogens with zero attached hydrogens (tertiary/aromatic N) is 5. The largest absolute Gasteiger partial charge is 0.497 e. The first-order valence-electron chi connectivity index (χ1n) is 8.39. The van der Waals surface area contributed by atoms with Crippen molar-refractivity contribution in [2.24, 2.45) is 0 Å². The van der Waals surface area contributed by atoms with Crippen LogP contribution in [-0.4, -0.2) is 67.0 Å². The summed E-state index contributed by atoms with van der Waals surface area (Å²) in [6.07, 6.45) is 1.61. The molecule has 1 saturated heterocycles. The Morgan fingerprint density at radius 3 is 2.60 bits per heavy atom. The van der Waals surface area contributed by atoms with Gasteiger partial charge in [-0.05, 0) is 18.7 Å². The molecule has 8 heteroatoms. The van der Waals surface area contributed by atoms with E-state index in [-0.39, 0.29) is 0 Å². The van der Waals surface area contributed by atoms with Gasteiger partial charge >= 0.3 is 0 Å². The minimum atomic E-state index is 0.631. The topological polar surface area (TPSA) is 75.6 Å². The average Bonchev–Trinajstić information content (AvgIpc) is 2.68. The van der Waals surface area contributed by atoms with Crippen LogP contribution in [0, 0.1) is 0 Å². The van der Waals surface area contributed by atoms with Gasteiger partial charge in [-0.2, -0.15) is 10.1 Å². The monoisotopic (exact) mass is 344 g/mol. The number of hydrogen-bond donors (Lipinski definition) is 1. The van der Waals surface area contributed by atoms with Crippen LogP contribution in [0.1, 0.15) is 6.92 Å². The number of methoxy groups -OCH3 is 2. The van der Waals surface area contributed by atoms with Crippen molar-refractivity contribution in [3.63, 3.8) is 0 Å². The SMILES string of the molecule is CCN1CCN(c2nncc(Nc3ccc(OC)cc3OC)n2)CC1. The summed E-state index contributed by atoms with van der Waals surface area (Å²) in [5.41, 5.74) is 0.797. The van der Waals surface area contributed by atoms with Gasteiger partial charge in [-0.25, -0.2) is 0 Å². The smallest absolute Gasteiger partial charge is 0.247 e. The lowest BCUT2D eigenvalue weighted by atomic mass is 10.2. The first-order valence-corrected chi connectivity index (χ1v) is 8.39. The van der Waals surface area contributed by atoms with E-state index < -0.39 is 0 Å². The molecule has 0 bridgehead atoms. The van der Waals surface area contributed by atoms with Gasteiger partial charge in [0.15, 0.2) is 5.82 Å². The van der Waals surface area contributed by atoms with Crippen LogP contribution in [-0.2, 0) is 0 Å². The molecule has 0 amide bonds. The van der Waals surface area contributed by atoms with E-state index in [1.54, 1.807) is 20.4 Å². The first kappa shape index (κ1) is 17.2. The normalized spacial score (nSPS) is 15.1. The van der Waals surface area contributed by atoms with E-state index in [1.165, 1.54) is 0 Å². The molecule has 1 N–H and O–H groups in total. The Morgan fingerprint density at radius 1 is 1.12 bits per heavy atom. The van der Waals surface area contributed by atoms with E-state index >= 15 is 0 Å². The molecule has 0 unspecified atom stereocenters. The lowest BCUT2D eigenvalue weighted by Crippen LogP contribution is -2.46. The minimum absolute atomic E-state index is 0.631. The van der Waals surface area contributed by atoms with Crippen molar-refractivity contribution in [2.45, 2.75) is 6.92 Å². The molecule has 3 rings (SSSR count). The predicted octanol–water partition coefficient (Wildman–Crippen LogP) is 1.77. The van der Waals surface area contributed by atoms with Gasteiger partial charge in [0.2, 0.25) is 5.95 Å². The zero-order valence-electron chi connectivity index (χ0n) is 14.9. The van der Waals surface area contributed by atoms with Crippen LogP contribution in [0.15, 0.2) is 24.4 Å². The molecule has 0 spiro atoms. The van der Waals surface area contributed by atoms with Crippen molar-refractivity contribution in [2.75, 3.05) is 57.2 Å². The summed E-state index contributed by atoms with van der Waals surface area (Å²) in [6, 6.07) is 5.58. The minimum Gasteiger partial charge on any atom is -0.497 e. The number of anilines is 3. The van der Waals surface area contributed by atoms with Gasteiger partial charge in [-0.1, -0.05) is 6.92 Å². The third-order valence-electron chi connectivity index (χ3n) is 4.32. The second-order valence-electron chi connectivity index (χ2n) is 5.75. The van der Waals surface area contributed by atoms with Crippen molar-refractivity contribution in [3.05, 3.63) is 24.4 Å². The summed E-state index contributed by atoms with van der Waals surface area (Å²) >= 11 is 0. The Hall–Kier alpha value is -2.61. The second-order valence-corrected chi connectivity index (χ2v) is 5.75. The number of hydrogen-bond acceptors (Lipinski definition) is 8. The first-order chi connectivity index (χ1) is 12.2. The molecule has 25 heavy (non-hydrogen) atoms. The molecule has 0 aliphatic carbocycles. The Balaban J connectivity index is 1.74. The summed E-state index contributed by atoms with van der Waals surface area (Å²) in [5.74, 6) is 2.69. The van der Waals surface area contributed by atoms with E-state index in [4.69, 9.17) is 9.47 Å². The fraction of sp³-hybridized carbons (Fsp3) is 0.471. The lowest BCUT2D eigenvalue weighted by molar-refractivity contribution is 0.269. The van der Waals surface area contributed by atoms with Gasteiger partial charge in [-0.15, -0.1) is 5.10 Å². The molecule has 1 aromatic heterocycles. The van der Waals surface area contributed by atoms with Crippen LogP contribution in [0.4, 0.5) is 17.5 Å². The van der Waals surface area contributed by atoms with Gasteiger partial charge in [0, 0.05) is 32.2 Å². The maximum atomic E-state index is 5.41. The van der Waals surface area contributed by atoms with E-state index in [1.807, 2.05) is 18.2 Å². The molecule has 8 nitrogen and oxygen atoms in total. The average molecular weight is 344 g/mol. The van der Waals surface area contributed by atoms with E-state index in [0.29, 0.717) is 17.5 Å². The van der Waals surface area contributed by atoms with E-state index in [9.17, 15) is 0 Å². The highest BCUT2D eigenvalue weighted by Gasteiger charge is 2.18. The molecular formula is C17H24N6O2. The number of aromatic nitrogens is 3. The molecule has 1 aliphatic rings. The van der Waals surface area contributed by atoms with Crippen molar-refractivity contribution in [1.29, 1.82) is 0 Å².